The molecule has 5 aromatic rings. The molecule has 0 radical (unpaired) electrons. The van der Waals surface area contributed by atoms with Gasteiger partial charge in [0.2, 0.25) is 0 Å². The fourth-order valence-electron chi connectivity index (χ4n) is 4.15. The SMILES string of the molecule is Cn1cc(Cc2ccc3ccccc3c2)c2c(-c3ccc(N)cc3)cccc21. The first-order chi connectivity index (χ1) is 13.7. The average Bonchev–Trinajstić information content (AvgIpc) is 3.04. The normalized spacial score (nSPS) is 11.3. The Kier molecular flexibility index (Phi) is 3.91. The van der Waals surface area contributed by atoms with Crippen LogP contribution in [0.1, 0.15) is 11.1 Å². The Bertz CT molecular complexity index is 1290. The first-order valence-electron chi connectivity index (χ1n) is 9.59. The third-order valence-electron chi connectivity index (χ3n) is 5.52. The number of hydrogen-bond acceptors (Lipinski definition) is 1. The summed E-state index contributed by atoms with van der Waals surface area (Å²) in [5, 5.41) is 3.90. The first-order valence-corrected chi connectivity index (χ1v) is 9.59. The van der Waals surface area contributed by atoms with Crippen LogP contribution in [0.15, 0.2) is 91.1 Å². The molecule has 4 aromatic carbocycles. The number of hydrogen-bond donors (Lipinski definition) is 1. The maximum Gasteiger partial charge on any atom is 0.0486 e. The molecule has 5 rings (SSSR count). The molecule has 28 heavy (non-hydrogen) atoms. The van der Waals surface area contributed by atoms with Crippen molar-refractivity contribution in [2.24, 2.45) is 7.05 Å². The van der Waals surface area contributed by atoms with E-state index in [1.807, 2.05) is 12.1 Å². The summed E-state index contributed by atoms with van der Waals surface area (Å²) in [5.41, 5.74) is 13.1. The van der Waals surface area contributed by atoms with Crippen LogP contribution in [-0.4, -0.2) is 4.57 Å². The highest BCUT2D eigenvalue weighted by molar-refractivity contribution is 5.98. The molecular weight excluding hydrogens is 340 g/mol. The summed E-state index contributed by atoms with van der Waals surface area (Å²) in [6.45, 7) is 0. The molecule has 0 amide bonds. The summed E-state index contributed by atoms with van der Waals surface area (Å²) in [6.07, 6.45) is 3.18. The Morgan fingerprint density at radius 1 is 0.786 bits per heavy atom. The molecular formula is C26H22N2. The molecule has 0 aliphatic rings. The van der Waals surface area contributed by atoms with Crippen LogP contribution in [0.25, 0.3) is 32.8 Å². The molecule has 2 heteroatoms. The van der Waals surface area contributed by atoms with Crippen LogP contribution in [0.3, 0.4) is 0 Å². The molecule has 2 N–H and O–H groups in total. The monoisotopic (exact) mass is 362 g/mol. The van der Waals surface area contributed by atoms with Gasteiger partial charge in [0.25, 0.3) is 0 Å². The Labute approximate surface area is 164 Å². The first kappa shape index (κ1) is 16.6. The van der Waals surface area contributed by atoms with Crippen LogP contribution in [0.2, 0.25) is 0 Å². The van der Waals surface area contributed by atoms with E-state index in [0.717, 1.165) is 12.1 Å². The quantitative estimate of drug-likeness (QED) is 0.382. The van der Waals surface area contributed by atoms with E-state index in [9.17, 15) is 0 Å². The predicted molar refractivity (Wildman–Crippen MR) is 120 cm³/mol. The number of benzene rings is 4. The lowest BCUT2D eigenvalue weighted by Crippen LogP contribution is -1.89. The highest BCUT2D eigenvalue weighted by Gasteiger charge is 2.13. The van der Waals surface area contributed by atoms with Crippen LogP contribution in [-0.2, 0) is 13.5 Å². The van der Waals surface area contributed by atoms with Crippen LogP contribution in [0.4, 0.5) is 5.69 Å². The zero-order valence-corrected chi connectivity index (χ0v) is 15.9. The van der Waals surface area contributed by atoms with E-state index < -0.39 is 0 Å². The van der Waals surface area contributed by atoms with E-state index in [1.165, 1.54) is 43.9 Å². The van der Waals surface area contributed by atoms with Gasteiger partial charge in [0.15, 0.2) is 0 Å². The van der Waals surface area contributed by atoms with Gasteiger partial charge in [0.1, 0.15) is 0 Å². The topological polar surface area (TPSA) is 30.9 Å². The lowest BCUT2D eigenvalue weighted by molar-refractivity contribution is 0.958. The molecule has 0 atom stereocenters. The molecule has 0 unspecified atom stereocenters. The summed E-state index contributed by atoms with van der Waals surface area (Å²) >= 11 is 0. The van der Waals surface area contributed by atoms with Crippen molar-refractivity contribution in [2.75, 3.05) is 5.73 Å². The Morgan fingerprint density at radius 3 is 2.39 bits per heavy atom. The number of rotatable bonds is 3. The van der Waals surface area contributed by atoms with Gasteiger partial charge in [0.05, 0.1) is 0 Å². The molecule has 0 aliphatic carbocycles. The van der Waals surface area contributed by atoms with E-state index in [1.54, 1.807) is 0 Å². The van der Waals surface area contributed by atoms with Gasteiger partial charge in [-0.3, -0.25) is 0 Å². The summed E-state index contributed by atoms with van der Waals surface area (Å²) in [4.78, 5) is 0. The highest BCUT2D eigenvalue weighted by atomic mass is 14.9. The molecule has 0 spiro atoms. The third-order valence-corrected chi connectivity index (χ3v) is 5.52. The smallest absolute Gasteiger partial charge is 0.0486 e. The highest BCUT2D eigenvalue weighted by Crippen LogP contribution is 2.34. The van der Waals surface area contributed by atoms with Crippen molar-refractivity contribution in [1.29, 1.82) is 0 Å². The molecule has 136 valence electrons. The molecule has 0 fully saturated rings. The van der Waals surface area contributed by atoms with E-state index >= 15 is 0 Å². The lowest BCUT2D eigenvalue weighted by Gasteiger charge is -2.08. The van der Waals surface area contributed by atoms with Crippen molar-refractivity contribution >= 4 is 27.4 Å². The van der Waals surface area contributed by atoms with Gasteiger partial charge in [-0.25, -0.2) is 0 Å². The number of aromatic nitrogens is 1. The predicted octanol–water partition coefficient (Wildman–Crippen LogP) is 6.17. The number of nitrogens with two attached hydrogens (primary N) is 1. The van der Waals surface area contributed by atoms with E-state index in [0.29, 0.717) is 0 Å². The van der Waals surface area contributed by atoms with Crippen molar-refractivity contribution < 1.29 is 0 Å². The van der Waals surface area contributed by atoms with Crippen molar-refractivity contribution in [3.05, 3.63) is 102 Å². The van der Waals surface area contributed by atoms with Crippen LogP contribution in [0.5, 0.6) is 0 Å². The van der Waals surface area contributed by atoms with Gasteiger partial charge in [-0.1, -0.05) is 66.7 Å². The lowest BCUT2D eigenvalue weighted by atomic mass is 9.95. The van der Waals surface area contributed by atoms with Crippen molar-refractivity contribution in [1.82, 2.24) is 4.57 Å². The Hall–Kier alpha value is -3.52. The zero-order valence-electron chi connectivity index (χ0n) is 15.9. The molecule has 0 aliphatic heterocycles. The fraction of sp³-hybridized carbons (Fsp3) is 0.0769. The molecule has 0 saturated heterocycles. The Morgan fingerprint density at radius 2 is 1.57 bits per heavy atom. The minimum atomic E-state index is 0.792. The maximum absolute atomic E-state index is 5.89. The molecule has 1 heterocycles. The number of anilines is 1. The number of nitrogens with zero attached hydrogens (tertiary/aromatic N) is 1. The van der Waals surface area contributed by atoms with Crippen LogP contribution in [0, 0.1) is 0 Å². The molecule has 1 aromatic heterocycles. The van der Waals surface area contributed by atoms with Gasteiger partial charge in [0, 0.05) is 29.8 Å². The van der Waals surface area contributed by atoms with Gasteiger partial charge < -0.3 is 10.3 Å². The average molecular weight is 362 g/mol. The van der Waals surface area contributed by atoms with Crippen LogP contribution >= 0.6 is 0 Å². The van der Waals surface area contributed by atoms with Crippen molar-refractivity contribution in [3.8, 4) is 11.1 Å². The number of aryl methyl sites for hydroxylation is 1. The molecule has 0 saturated carbocycles. The molecule has 2 nitrogen and oxygen atoms in total. The number of nitrogen functional groups attached to an aromatic ring is 1. The second kappa shape index (κ2) is 6.58. The van der Waals surface area contributed by atoms with Gasteiger partial charge in [-0.05, 0) is 57.6 Å². The van der Waals surface area contributed by atoms with Gasteiger partial charge in [-0.2, -0.15) is 0 Å². The van der Waals surface area contributed by atoms with Gasteiger partial charge >= 0.3 is 0 Å². The minimum absolute atomic E-state index is 0.792. The summed E-state index contributed by atoms with van der Waals surface area (Å²) < 4.78 is 2.23. The molecule has 0 bridgehead atoms. The zero-order chi connectivity index (χ0) is 19.1. The summed E-state index contributed by atoms with van der Waals surface area (Å²) in [7, 11) is 2.12. The van der Waals surface area contributed by atoms with E-state index in [4.69, 9.17) is 5.73 Å². The fourth-order valence-corrected chi connectivity index (χ4v) is 4.15. The maximum atomic E-state index is 5.89. The summed E-state index contributed by atoms with van der Waals surface area (Å²) in [5.74, 6) is 0. The van der Waals surface area contributed by atoms with E-state index in [-0.39, 0.29) is 0 Å². The second-order valence-electron chi connectivity index (χ2n) is 7.45. The second-order valence-corrected chi connectivity index (χ2v) is 7.45. The largest absolute Gasteiger partial charge is 0.399 e. The van der Waals surface area contributed by atoms with Gasteiger partial charge in [-0.15, -0.1) is 0 Å². The van der Waals surface area contributed by atoms with Crippen molar-refractivity contribution in [2.45, 2.75) is 6.42 Å². The minimum Gasteiger partial charge on any atom is -0.399 e. The standard InChI is InChI=1S/C26H22N2/c1-28-17-22(16-18-9-10-19-5-2-3-6-21(19)15-18)26-24(7-4-8-25(26)28)20-11-13-23(27)14-12-20/h2-15,17H,16,27H2,1H3. The number of fused-ring (bicyclic) bond motifs is 2. The van der Waals surface area contributed by atoms with E-state index in [2.05, 4.69) is 90.6 Å². The third kappa shape index (κ3) is 2.84. The Balaban J connectivity index is 1.65. The van der Waals surface area contributed by atoms with Crippen molar-refractivity contribution in [3.63, 3.8) is 0 Å². The van der Waals surface area contributed by atoms with Crippen LogP contribution < -0.4 is 5.73 Å². The summed E-state index contributed by atoms with van der Waals surface area (Å²) in [6, 6.07) is 30.0.